The SMILES string of the molecule is COCC(C1CC1)n1ccnc(Nc2cc(C)c(OC(F)F)nc2C)c1=O. The fourth-order valence-electron chi connectivity index (χ4n) is 3.01. The molecule has 0 aromatic carbocycles. The number of aryl methyl sites for hydroxylation is 2. The first-order chi connectivity index (χ1) is 12.9. The van der Waals surface area contributed by atoms with Crippen molar-refractivity contribution >= 4 is 11.5 Å². The Balaban J connectivity index is 1.89. The number of methoxy groups -OCH3 is 1. The van der Waals surface area contributed by atoms with Crippen LogP contribution in [0.4, 0.5) is 20.3 Å². The van der Waals surface area contributed by atoms with Crippen LogP contribution in [0.25, 0.3) is 0 Å². The van der Waals surface area contributed by atoms with Crippen LogP contribution < -0.4 is 15.6 Å². The summed E-state index contributed by atoms with van der Waals surface area (Å²) in [4.78, 5) is 21.0. The highest BCUT2D eigenvalue weighted by Crippen LogP contribution is 2.39. The van der Waals surface area contributed by atoms with Gasteiger partial charge < -0.3 is 19.4 Å². The summed E-state index contributed by atoms with van der Waals surface area (Å²) >= 11 is 0. The minimum absolute atomic E-state index is 0.0335. The topological polar surface area (TPSA) is 78.3 Å². The summed E-state index contributed by atoms with van der Waals surface area (Å²) in [7, 11) is 1.61. The maximum Gasteiger partial charge on any atom is 0.388 e. The average Bonchev–Trinajstić information content (AvgIpc) is 3.44. The van der Waals surface area contributed by atoms with E-state index in [4.69, 9.17) is 4.74 Å². The Hall–Kier alpha value is -2.55. The summed E-state index contributed by atoms with van der Waals surface area (Å²) in [5, 5.41) is 2.97. The second-order valence-corrected chi connectivity index (χ2v) is 6.60. The van der Waals surface area contributed by atoms with Crippen molar-refractivity contribution in [2.45, 2.75) is 39.3 Å². The summed E-state index contributed by atoms with van der Waals surface area (Å²) < 4.78 is 36.2. The number of alkyl halides is 2. The number of aromatic nitrogens is 3. The van der Waals surface area contributed by atoms with Gasteiger partial charge in [0.25, 0.3) is 5.56 Å². The zero-order chi connectivity index (χ0) is 19.6. The smallest absolute Gasteiger partial charge is 0.388 e. The normalized spacial score (nSPS) is 15.0. The molecule has 1 atom stereocenters. The number of ether oxygens (including phenoxy) is 2. The molecule has 0 spiro atoms. The lowest BCUT2D eigenvalue weighted by Gasteiger charge is -2.19. The third-order valence-corrected chi connectivity index (χ3v) is 4.54. The molecule has 27 heavy (non-hydrogen) atoms. The molecule has 9 heteroatoms. The third-order valence-electron chi connectivity index (χ3n) is 4.54. The van der Waals surface area contributed by atoms with E-state index < -0.39 is 6.61 Å². The molecule has 0 bridgehead atoms. The Morgan fingerprint density at radius 2 is 2.11 bits per heavy atom. The largest absolute Gasteiger partial charge is 0.417 e. The maximum atomic E-state index is 12.9. The van der Waals surface area contributed by atoms with Gasteiger partial charge in [-0.05, 0) is 38.7 Å². The zero-order valence-corrected chi connectivity index (χ0v) is 15.4. The minimum Gasteiger partial charge on any atom is -0.417 e. The van der Waals surface area contributed by atoms with E-state index in [2.05, 4.69) is 20.0 Å². The predicted octanol–water partition coefficient (Wildman–Crippen LogP) is 3.20. The molecule has 1 fully saturated rings. The number of nitrogens with one attached hydrogen (secondary N) is 1. The van der Waals surface area contributed by atoms with Crippen molar-refractivity contribution in [3.8, 4) is 5.88 Å². The minimum atomic E-state index is -2.95. The van der Waals surface area contributed by atoms with Gasteiger partial charge in [-0.2, -0.15) is 8.78 Å². The van der Waals surface area contributed by atoms with Gasteiger partial charge in [-0.3, -0.25) is 4.79 Å². The molecular weight excluding hydrogens is 358 g/mol. The Kier molecular flexibility index (Phi) is 5.69. The molecule has 0 aliphatic heterocycles. The highest BCUT2D eigenvalue weighted by Gasteiger charge is 2.33. The average molecular weight is 380 g/mol. The zero-order valence-electron chi connectivity index (χ0n) is 15.4. The van der Waals surface area contributed by atoms with E-state index in [0.29, 0.717) is 29.5 Å². The van der Waals surface area contributed by atoms with Crippen LogP contribution in [0.5, 0.6) is 5.88 Å². The monoisotopic (exact) mass is 380 g/mol. The fraction of sp³-hybridized carbons (Fsp3) is 0.500. The third kappa shape index (κ3) is 4.41. The summed E-state index contributed by atoms with van der Waals surface area (Å²) in [5.74, 6) is 0.431. The second-order valence-electron chi connectivity index (χ2n) is 6.60. The van der Waals surface area contributed by atoms with Crippen LogP contribution in [0.2, 0.25) is 0 Å². The van der Waals surface area contributed by atoms with Gasteiger partial charge in [-0.1, -0.05) is 0 Å². The van der Waals surface area contributed by atoms with Crippen molar-refractivity contribution in [2.75, 3.05) is 19.0 Å². The van der Waals surface area contributed by atoms with Gasteiger partial charge in [0, 0.05) is 25.1 Å². The Morgan fingerprint density at radius 1 is 1.37 bits per heavy atom. The molecular formula is C18H22F2N4O3. The van der Waals surface area contributed by atoms with Crippen LogP contribution in [-0.2, 0) is 4.74 Å². The molecule has 2 aromatic rings. The first-order valence-corrected chi connectivity index (χ1v) is 8.67. The summed E-state index contributed by atoms with van der Waals surface area (Å²) in [6, 6.07) is 1.57. The van der Waals surface area contributed by atoms with E-state index in [0.717, 1.165) is 12.8 Å². The molecule has 3 rings (SSSR count). The molecule has 0 radical (unpaired) electrons. The lowest BCUT2D eigenvalue weighted by molar-refractivity contribution is -0.0533. The summed E-state index contributed by atoms with van der Waals surface area (Å²) in [5.41, 5.74) is 1.08. The van der Waals surface area contributed by atoms with Gasteiger partial charge in [0.05, 0.1) is 24.0 Å². The summed E-state index contributed by atoms with van der Waals surface area (Å²) in [6.45, 7) is 0.748. The molecule has 1 saturated carbocycles. The second kappa shape index (κ2) is 7.99. The number of halogens is 2. The van der Waals surface area contributed by atoms with Gasteiger partial charge in [0.15, 0.2) is 5.82 Å². The number of hydrogen-bond donors (Lipinski definition) is 1. The van der Waals surface area contributed by atoms with Crippen molar-refractivity contribution in [1.82, 2.24) is 14.5 Å². The Bertz CT molecular complexity index is 868. The fourth-order valence-corrected chi connectivity index (χ4v) is 3.01. The number of pyridine rings is 1. The van der Waals surface area contributed by atoms with E-state index in [1.165, 1.54) is 0 Å². The van der Waals surface area contributed by atoms with Crippen molar-refractivity contribution in [1.29, 1.82) is 0 Å². The number of nitrogens with zero attached hydrogens (tertiary/aromatic N) is 3. The van der Waals surface area contributed by atoms with Crippen LogP contribution in [0.3, 0.4) is 0 Å². The lowest BCUT2D eigenvalue weighted by atomic mass is 10.2. The Morgan fingerprint density at radius 3 is 2.74 bits per heavy atom. The number of anilines is 2. The highest BCUT2D eigenvalue weighted by molar-refractivity contribution is 5.60. The highest BCUT2D eigenvalue weighted by atomic mass is 19.3. The van der Waals surface area contributed by atoms with E-state index in [9.17, 15) is 13.6 Å². The van der Waals surface area contributed by atoms with Crippen molar-refractivity contribution < 1.29 is 18.3 Å². The molecule has 7 nitrogen and oxygen atoms in total. The van der Waals surface area contributed by atoms with E-state index in [1.54, 1.807) is 44.0 Å². The van der Waals surface area contributed by atoms with Gasteiger partial charge in [0.2, 0.25) is 5.88 Å². The van der Waals surface area contributed by atoms with Crippen molar-refractivity contribution in [3.63, 3.8) is 0 Å². The lowest BCUT2D eigenvalue weighted by Crippen LogP contribution is -2.30. The van der Waals surface area contributed by atoms with Crippen LogP contribution in [0.15, 0.2) is 23.3 Å². The van der Waals surface area contributed by atoms with Crippen molar-refractivity contribution in [2.24, 2.45) is 5.92 Å². The number of hydrogen-bond acceptors (Lipinski definition) is 6. The van der Waals surface area contributed by atoms with Crippen LogP contribution in [-0.4, -0.2) is 34.9 Å². The van der Waals surface area contributed by atoms with E-state index in [1.807, 2.05) is 0 Å². The first kappa shape index (κ1) is 19.2. The van der Waals surface area contributed by atoms with Gasteiger partial charge in [-0.25, -0.2) is 9.97 Å². The van der Waals surface area contributed by atoms with Crippen LogP contribution in [0.1, 0.15) is 30.1 Å². The molecule has 2 heterocycles. The molecule has 1 aliphatic carbocycles. The van der Waals surface area contributed by atoms with E-state index in [-0.39, 0.29) is 23.3 Å². The standard InChI is InChI=1S/C18H22F2N4O3/c1-10-8-13(11(2)22-16(10)27-18(19)20)23-15-17(25)24(7-6-21-15)14(9-26-3)12-4-5-12/h6-8,12,14,18H,4-5,9H2,1-3H3,(H,21,23). The van der Waals surface area contributed by atoms with Crippen molar-refractivity contribution in [3.05, 3.63) is 40.1 Å². The molecule has 146 valence electrons. The molecule has 1 unspecified atom stereocenters. The first-order valence-electron chi connectivity index (χ1n) is 8.67. The van der Waals surface area contributed by atoms with Crippen LogP contribution >= 0.6 is 0 Å². The van der Waals surface area contributed by atoms with Gasteiger partial charge >= 0.3 is 6.61 Å². The quantitative estimate of drug-likeness (QED) is 0.758. The maximum absolute atomic E-state index is 12.9. The molecule has 1 aliphatic rings. The predicted molar refractivity (Wildman–Crippen MR) is 95.8 cm³/mol. The van der Waals surface area contributed by atoms with E-state index >= 15 is 0 Å². The Labute approximate surface area is 155 Å². The molecule has 2 aromatic heterocycles. The van der Waals surface area contributed by atoms with Gasteiger partial charge in [-0.15, -0.1) is 0 Å². The molecule has 0 saturated heterocycles. The van der Waals surface area contributed by atoms with Crippen LogP contribution in [0, 0.1) is 19.8 Å². The number of rotatable bonds is 8. The molecule has 0 amide bonds. The summed E-state index contributed by atoms with van der Waals surface area (Å²) in [6.07, 6.45) is 5.35. The van der Waals surface area contributed by atoms with Gasteiger partial charge in [0.1, 0.15) is 0 Å². The molecule has 1 N–H and O–H groups in total.